The molecule has 1 aliphatic carbocycles. The molecule has 20 heavy (non-hydrogen) atoms. The van der Waals surface area contributed by atoms with Crippen LogP contribution in [0.25, 0.3) is 0 Å². The van der Waals surface area contributed by atoms with Crippen molar-refractivity contribution in [3.05, 3.63) is 11.9 Å². The van der Waals surface area contributed by atoms with Crippen molar-refractivity contribution in [2.45, 2.75) is 52.6 Å². The van der Waals surface area contributed by atoms with E-state index in [0.717, 1.165) is 44.5 Å². The van der Waals surface area contributed by atoms with E-state index in [-0.39, 0.29) is 0 Å². The molecule has 0 aliphatic heterocycles. The van der Waals surface area contributed by atoms with Gasteiger partial charge in [-0.25, -0.2) is 4.68 Å². The molecule has 1 aromatic heterocycles. The van der Waals surface area contributed by atoms with Crippen molar-refractivity contribution < 1.29 is 4.74 Å². The van der Waals surface area contributed by atoms with Crippen LogP contribution in [0.4, 0.5) is 0 Å². The first-order valence-electron chi connectivity index (χ1n) is 7.91. The summed E-state index contributed by atoms with van der Waals surface area (Å²) in [6, 6.07) is 0. The molecule has 0 amide bonds. The van der Waals surface area contributed by atoms with Gasteiger partial charge in [-0.3, -0.25) is 0 Å². The van der Waals surface area contributed by atoms with E-state index >= 15 is 0 Å². The van der Waals surface area contributed by atoms with Crippen molar-refractivity contribution in [2.24, 2.45) is 11.8 Å². The van der Waals surface area contributed by atoms with Gasteiger partial charge < -0.3 is 10.1 Å². The van der Waals surface area contributed by atoms with Gasteiger partial charge in [-0.05, 0) is 31.2 Å². The highest BCUT2D eigenvalue weighted by Crippen LogP contribution is 2.24. The van der Waals surface area contributed by atoms with E-state index in [1.54, 1.807) is 0 Å². The molecule has 0 radical (unpaired) electrons. The van der Waals surface area contributed by atoms with Crippen LogP contribution in [-0.2, 0) is 17.8 Å². The molecular weight excluding hydrogens is 252 g/mol. The third-order valence-corrected chi connectivity index (χ3v) is 3.74. The highest BCUT2D eigenvalue weighted by atomic mass is 16.5. The fourth-order valence-electron chi connectivity index (χ4n) is 2.60. The highest BCUT2D eigenvalue weighted by Gasteiger charge is 2.14. The second kappa shape index (κ2) is 8.37. The molecule has 114 valence electrons. The van der Waals surface area contributed by atoms with Crippen LogP contribution in [0.5, 0.6) is 0 Å². The second-order valence-electron chi connectivity index (χ2n) is 6.22. The highest BCUT2D eigenvalue weighted by molar-refractivity contribution is 4.91. The summed E-state index contributed by atoms with van der Waals surface area (Å²) in [5.41, 5.74) is 1.00. The Morgan fingerprint density at radius 1 is 1.40 bits per heavy atom. The minimum absolute atomic E-state index is 0.661. The summed E-state index contributed by atoms with van der Waals surface area (Å²) in [6.07, 6.45) is 7.45. The monoisotopic (exact) mass is 280 g/mol. The number of hydrogen-bond donors (Lipinski definition) is 1. The maximum Gasteiger partial charge on any atom is 0.0964 e. The van der Waals surface area contributed by atoms with E-state index in [9.17, 15) is 0 Å². The lowest BCUT2D eigenvalue weighted by Gasteiger charge is -2.09. The third kappa shape index (κ3) is 5.59. The summed E-state index contributed by atoms with van der Waals surface area (Å²) in [4.78, 5) is 0. The fraction of sp³-hybridized carbons (Fsp3) is 0.867. The van der Waals surface area contributed by atoms with Crippen molar-refractivity contribution in [1.29, 1.82) is 0 Å². The Labute approximate surface area is 122 Å². The Kier molecular flexibility index (Phi) is 6.47. The molecule has 1 N–H and O–H groups in total. The predicted molar refractivity (Wildman–Crippen MR) is 79.3 cm³/mol. The van der Waals surface area contributed by atoms with Crippen molar-refractivity contribution in [3.8, 4) is 0 Å². The number of nitrogens with zero attached hydrogens (tertiary/aromatic N) is 3. The smallest absolute Gasteiger partial charge is 0.0964 e. The molecule has 2 rings (SSSR count). The van der Waals surface area contributed by atoms with Crippen molar-refractivity contribution >= 4 is 0 Å². The Morgan fingerprint density at radius 2 is 2.20 bits per heavy atom. The summed E-state index contributed by atoms with van der Waals surface area (Å²) in [6.45, 7) is 8.65. The maximum atomic E-state index is 5.74. The molecule has 0 atom stereocenters. The van der Waals surface area contributed by atoms with Crippen molar-refractivity contribution in [1.82, 2.24) is 20.3 Å². The number of rotatable bonds is 9. The lowest BCUT2D eigenvalue weighted by Crippen LogP contribution is -2.19. The Hall–Kier alpha value is -0.940. The molecule has 0 saturated heterocycles. The lowest BCUT2D eigenvalue weighted by atomic mass is 10.1. The number of aromatic nitrogens is 3. The molecule has 1 aliphatic rings. The number of nitrogens with one attached hydrogen (secondary N) is 1. The first-order valence-corrected chi connectivity index (χ1v) is 7.91. The van der Waals surface area contributed by atoms with Gasteiger partial charge in [0.2, 0.25) is 0 Å². The first-order chi connectivity index (χ1) is 9.74. The number of ether oxygens (including phenoxy) is 1. The van der Waals surface area contributed by atoms with Crippen molar-refractivity contribution in [2.75, 3.05) is 19.8 Å². The predicted octanol–water partition coefficient (Wildman–Crippen LogP) is 2.23. The Balaban J connectivity index is 1.57. The zero-order chi connectivity index (χ0) is 14.2. The quantitative estimate of drug-likeness (QED) is 0.705. The average Bonchev–Trinajstić information content (AvgIpc) is 3.05. The van der Waals surface area contributed by atoms with Gasteiger partial charge in [-0.15, -0.1) is 5.10 Å². The van der Waals surface area contributed by atoms with Crippen LogP contribution in [0.1, 0.15) is 45.2 Å². The van der Waals surface area contributed by atoms with Gasteiger partial charge in [0, 0.05) is 19.3 Å². The topological polar surface area (TPSA) is 52.0 Å². The largest absolute Gasteiger partial charge is 0.379 e. The van der Waals surface area contributed by atoms with Gasteiger partial charge in [0.25, 0.3) is 0 Å². The van der Waals surface area contributed by atoms with Crippen LogP contribution in [0.15, 0.2) is 6.20 Å². The first kappa shape index (κ1) is 15.4. The minimum atomic E-state index is 0.661. The summed E-state index contributed by atoms with van der Waals surface area (Å²) in [7, 11) is 0. The molecule has 1 fully saturated rings. The van der Waals surface area contributed by atoms with Crippen LogP contribution in [-0.4, -0.2) is 34.8 Å². The van der Waals surface area contributed by atoms with E-state index in [1.165, 1.54) is 25.7 Å². The Bertz CT molecular complexity index is 372. The van der Waals surface area contributed by atoms with Gasteiger partial charge in [0.15, 0.2) is 0 Å². The SMILES string of the molecule is CC(C)CNCc1cn(CCOCC2CCCC2)nn1. The molecule has 0 aromatic carbocycles. The van der Waals surface area contributed by atoms with Crippen LogP contribution in [0.2, 0.25) is 0 Å². The Morgan fingerprint density at radius 3 is 2.95 bits per heavy atom. The van der Waals surface area contributed by atoms with Crippen molar-refractivity contribution in [3.63, 3.8) is 0 Å². The van der Waals surface area contributed by atoms with E-state index in [4.69, 9.17) is 4.74 Å². The summed E-state index contributed by atoms with van der Waals surface area (Å²) >= 11 is 0. The van der Waals surface area contributed by atoms with Gasteiger partial charge >= 0.3 is 0 Å². The number of hydrogen-bond acceptors (Lipinski definition) is 4. The van der Waals surface area contributed by atoms with Gasteiger partial charge in [0.05, 0.1) is 18.8 Å². The normalized spacial score (nSPS) is 16.4. The summed E-state index contributed by atoms with van der Waals surface area (Å²) < 4.78 is 7.62. The standard InChI is InChI=1S/C15H28N4O/c1-13(2)9-16-10-15-11-19(18-17-15)7-8-20-12-14-5-3-4-6-14/h11,13-14,16H,3-10,12H2,1-2H3. The maximum absolute atomic E-state index is 5.74. The van der Waals surface area contributed by atoms with E-state index in [0.29, 0.717) is 5.92 Å². The molecule has 5 nitrogen and oxygen atoms in total. The molecule has 0 bridgehead atoms. The summed E-state index contributed by atoms with van der Waals surface area (Å²) in [5, 5.41) is 11.7. The van der Waals surface area contributed by atoms with Gasteiger partial charge in [-0.2, -0.15) is 0 Å². The van der Waals surface area contributed by atoms with Gasteiger partial charge in [0.1, 0.15) is 0 Å². The molecule has 1 saturated carbocycles. The zero-order valence-corrected chi connectivity index (χ0v) is 12.8. The van der Waals surface area contributed by atoms with E-state index < -0.39 is 0 Å². The lowest BCUT2D eigenvalue weighted by molar-refractivity contribution is 0.0926. The third-order valence-electron chi connectivity index (χ3n) is 3.74. The van der Waals surface area contributed by atoms with E-state index in [1.807, 2.05) is 10.9 Å². The average molecular weight is 280 g/mol. The zero-order valence-electron chi connectivity index (χ0n) is 12.8. The fourth-order valence-corrected chi connectivity index (χ4v) is 2.60. The summed E-state index contributed by atoms with van der Waals surface area (Å²) in [5.74, 6) is 1.45. The minimum Gasteiger partial charge on any atom is -0.379 e. The molecule has 1 aromatic rings. The molecular formula is C15H28N4O. The molecule has 0 spiro atoms. The van der Waals surface area contributed by atoms with Crippen LogP contribution in [0.3, 0.4) is 0 Å². The van der Waals surface area contributed by atoms with Crippen LogP contribution in [0, 0.1) is 11.8 Å². The molecule has 5 heteroatoms. The van der Waals surface area contributed by atoms with Crippen LogP contribution >= 0.6 is 0 Å². The second-order valence-corrected chi connectivity index (χ2v) is 6.22. The van der Waals surface area contributed by atoms with E-state index in [2.05, 4.69) is 29.5 Å². The molecule has 1 heterocycles. The van der Waals surface area contributed by atoms with Gasteiger partial charge in [-0.1, -0.05) is 31.9 Å². The molecule has 0 unspecified atom stereocenters. The van der Waals surface area contributed by atoms with Crippen LogP contribution < -0.4 is 5.32 Å².